The van der Waals surface area contributed by atoms with E-state index in [0.29, 0.717) is 0 Å². The Balaban J connectivity index is 0.00000121. The molecule has 0 saturated heterocycles. The number of nitro groups is 1. The van der Waals surface area contributed by atoms with Gasteiger partial charge in [-0.3, -0.25) is 10.1 Å². The summed E-state index contributed by atoms with van der Waals surface area (Å²) in [7, 11) is 0. The fourth-order valence-electron chi connectivity index (χ4n) is 0.791. The van der Waals surface area contributed by atoms with Gasteiger partial charge >= 0.3 is 11.8 Å². The van der Waals surface area contributed by atoms with E-state index in [9.17, 15) is 10.1 Å². The molecule has 0 amide bonds. The number of halogens is 1. The van der Waals surface area contributed by atoms with Gasteiger partial charge in [-0.25, -0.2) is 0 Å². The van der Waals surface area contributed by atoms with Crippen molar-refractivity contribution in [3.05, 3.63) is 39.9 Å². The van der Waals surface area contributed by atoms with Crippen LogP contribution in [0, 0.1) is 10.1 Å². The molecule has 0 heterocycles. The van der Waals surface area contributed by atoms with Crippen LogP contribution in [0.2, 0.25) is 0 Å². The minimum atomic E-state index is -1.01. The molecule has 0 N–H and O–H groups in total. The van der Waals surface area contributed by atoms with Gasteiger partial charge in [-0.15, -0.1) is 12.4 Å². The molecular formula is C6H6ClN3O2. The molecule has 1 rings (SSSR count). The highest BCUT2D eigenvalue weighted by atomic mass is 35.5. The second-order valence-electron chi connectivity index (χ2n) is 2.00. The average molecular weight is 188 g/mol. The Morgan fingerprint density at radius 1 is 1.58 bits per heavy atom. The van der Waals surface area contributed by atoms with Gasteiger partial charge in [0, 0.05) is 17.1 Å². The summed E-state index contributed by atoms with van der Waals surface area (Å²) in [5.74, 6) is 0. The molecule has 0 saturated carbocycles. The van der Waals surface area contributed by atoms with Crippen molar-refractivity contribution in [3.8, 4) is 0 Å². The Kier molecular flexibility index (Phi) is 3.90. The van der Waals surface area contributed by atoms with Crippen LogP contribution in [0.1, 0.15) is 0 Å². The summed E-state index contributed by atoms with van der Waals surface area (Å²) in [6.45, 7) is 0. The van der Waals surface area contributed by atoms with E-state index in [2.05, 4.69) is 4.79 Å². The van der Waals surface area contributed by atoms with Crippen LogP contribution in [0.15, 0.2) is 24.3 Å². The summed E-state index contributed by atoms with van der Waals surface area (Å²) in [5.41, 5.74) is 8.36. The molecule has 1 aliphatic carbocycles. The number of allylic oxidation sites excluding steroid dienone is 2. The first-order valence-corrected chi connectivity index (χ1v) is 2.96. The lowest BCUT2D eigenvalue weighted by atomic mass is 10.1. The van der Waals surface area contributed by atoms with E-state index in [4.69, 9.17) is 5.53 Å². The summed E-state index contributed by atoms with van der Waals surface area (Å²) in [6, 6.07) is -1.01. The molecule has 0 aromatic rings. The Bertz CT molecular complexity index is 291. The first-order valence-electron chi connectivity index (χ1n) is 2.96. The Morgan fingerprint density at radius 2 is 2.25 bits per heavy atom. The van der Waals surface area contributed by atoms with Crippen molar-refractivity contribution in [2.45, 2.75) is 6.04 Å². The zero-order valence-electron chi connectivity index (χ0n) is 5.95. The van der Waals surface area contributed by atoms with Crippen LogP contribution in [-0.4, -0.2) is 21.5 Å². The zero-order valence-corrected chi connectivity index (χ0v) is 6.77. The van der Waals surface area contributed by atoms with Crippen LogP contribution in [-0.2, 0) is 0 Å². The van der Waals surface area contributed by atoms with Crippen LogP contribution in [0.25, 0.3) is 5.53 Å². The summed E-state index contributed by atoms with van der Waals surface area (Å²) in [4.78, 5) is 12.5. The summed E-state index contributed by atoms with van der Waals surface area (Å²) < 4.78 is 0. The number of hydrogen-bond acceptors (Lipinski definition) is 2. The third-order valence-corrected chi connectivity index (χ3v) is 1.32. The van der Waals surface area contributed by atoms with E-state index in [1.807, 2.05) is 0 Å². The second-order valence-corrected chi connectivity index (χ2v) is 2.00. The van der Waals surface area contributed by atoms with Crippen LogP contribution >= 0.6 is 12.4 Å². The van der Waals surface area contributed by atoms with Crippen molar-refractivity contribution in [1.82, 2.24) is 0 Å². The molecule has 1 atom stereocenters. The summed E-state index contributed by atoms with van der Waals surface area (Å²) >= 11 is 0. The summed E-state index contributed by atoms with van der Waals surface area (Å²) in [6.07, 6.45) is 5.87. The lowest BCUT2D eigenvalue weighted by Gasteiger charge is -1.98. The Hall–Kier alpha value is -1.45. The van der Waals surface area contributed by atoms with Gasteiger partial charge in [0.05, 0.1) is 0 Å². The van der Waals surface area contributed by atoms with Crippen LogP contribution in [0.4, 0.5) is 0 Å². The summed E-state index contributed by atoms with van der Waals surface area (Å²) in [5, 5.41) is 10.3. The van der Waals surface area contributed by atoms with Crippen LogP contribution in [0.5, 0.6) is 0 Å². The standard InChI is InChI=1S/C6H5N3O2.ClH/c7-8-5-3-1-2-4-6(5)9(10)11;/h1-4,6H;1H. The molecule has 12 heavy (non-hydrogen) atoms. The quantitative estimate of drug-likeness (QED) is 0.264. The highest BCUT2D eigenvalue weighted by Gasteiger charge is 2.30. The molecule has 6 heteroatoms. The van der Waals surface area contributed by atoms with Crippen LogP contribution < -0.4 is 0 Å². The van der Waals surface area contributed by atoms with E-state index in [1.165, 1.54) is 12.2 Å². The number of hydrogen-bond donors (Lipinski definition) is 0. The molecule has 0 radical (unpaired) electrons. The molecule has 5 nitrogen and oxygen atoms in total. The van der Waals surface area contributed by atoms with Crippen molar-refractivity contribution in [2.75, 3.05) is 0 Å². The van der Waals surface area contributed by atoms with E-state index in [0.717, 1.165) is 0 Å². The van der Waals surface area contributed by atoms with Gasteiger partial charge in [0.2, 0.25) is 0 Å². The van der Waals surface area contributed by atoms with Gasteiger partial charge < -0.3 is 5.53 Å². The molecule has 0 aliphatic heterocycles. The van der Waals surface area contributed by atoms with Crippen LogP contribution in [0.3, 0.4) is 0 Å². The van der Waals surface area contributed by atoms with Crippen molar-refractivity contribution >= 4 is 18.1 Å². The highest BCUT2D eigenvalue weighted by Crippen LogP contribution is 2.01. The Labute approximate surface area is 74.6 Å². The minimum absolute atomic E-state index is 0. The predicted octanol–water partition coefficient (Wildman–Crippen LogP) is 0.850. The van der Waals surface area contributed by atoms with Gasteiger partial charge in [-0.1, -0.05) is 12.2 Å². The molecule has 0 aromatic heterocycles. The first-order chi connectivity index (χ1) is 5.25. The van der Waals surface area contributed by atoms with Gasteiger partial charge in [0.1, 0.15) is 0 Å². The molecule has 64 valence electrons. The van der Waals surface area contributed by atoms with Crippen molar-refractivity contribution in [3.63, 3.8) is 0 Å². The molecule has 0 spiro atoms. The molecular weight excluding hydrogens is 182 g/mol. The van der Waals surface area contributed by atoms with Crippen molar-refractivity contribution in [2.24, 2.45) is 0 Å². The van der Waals surface area contributed by atoms with Crippen molar-refractivity contribution < 1.29 is 9.71 Å². The smallest absolute Gasteiger partial charge is 0.361 e. The van der Waals surface area contributed by atoms with Gasteiger partial charge in [0.25, 0.3) is 0 Å². The molecule has 0 bridgehead atoms. The fraction of sp³-hybridized carbons (Fsp3) is 0.167. The maximum atomic E-state index is 10.3. The van der Waals surface area contributed by atoms with Crippen molar-refractivity contribution in [1.29, 1.82) is 0 Å². The molecule has 0 fully saturated rings. The monoisotopic (exact) mass is 187 g/mol. The zero-order chi connectivity index (χ0) is 8.27. The fourth-order valence-corrected chi connectivity index (χ4v) is 0.791. The Morgan fingerprint density at radius 3 is 2.67 bits per heavy atom. The normalized spacial score (nSPS) is 19.7. The third-order valence-electron chi connectivity index (χ3n) is 1.32. The third kappa shape index (κ3) is 2.02. The largest absolute Gasteiger partial charge is 0.369 e. The topological polar surface area (TPSA) is 79.5 Å². The molecule has 0 aromatic carbocycles. The van der Waals surface area contributed by atoms with E-state index in [-0.39, 0.29) is 18.1 Å². The highest BCUT2D eigenvalue weighted by molar-refractivity contribution is 5.96. The minimum Gasteiger partial charge on any atom is -0.361 e. The molecule has 1 unspecified atom stereocenters. The number of rotatable bonds is 1. The lowest BCUT2D eigenvalue weighted by molar-refractivity contribution is -0.493. The van der Waals surface area contributed by atoms with Gasteiger partial charge in [0.15, 0.2) is 0 Å². The predicted molar refractivity (Wildman–Crippen MR) is 44.9 cm³/mol. The molecule has 1 aliphatic rings. The maximum absolute atomic E-state index is 10.3. The van der Waals surface area contributed by atoms with Gasteiger partial charge in [-0.05, 0) is 0 Å². The number of nitrogens with zero attached hydrogens (tertiary/aromatic N) is 3. The van der Waals surface area contributed by atoms with E-state index >= 15 is 0 Å². The average Bonchev–Trinajstić information content (AvgIpc) is 2.04. The van der Waals surface area contributed by atoms with E-state index in [1.54, 1.807) is 12.2 Å². The van der Waals surface area contributed by atoms with E-state index < -0.39 is 11.0 Å². The SMILES string of the molecule is Cl.[N-]=[N+]=C1C=CC=CC1[N+](=O)[O-]. The second kappa shape index (κ2) is 4.43. The lowest BCUT2D eigenvalue weighted by Crippen LogP contribution is -2.27. The maximum Gasteiger partial charge on any atom is 0.369 e. The first kappa shape index (κ1) is 10.6. The van der Waals surface area contributed by atoms with Gasteiger partial charge in [-0.2, -0.15) is 4.79 Å².